The molecule has 2 aliphatic carbocycles. The minimum atomic E-state index is -0.399. The van der Waals surface area contributed by atoms with Crippen LogP contribution in [0.1, 0.15) is 37.7 Å². The molecule has 1 heterocycles. The highest BCUT2D eigenvalue weighted by Crippen LogP contribution is 2.47. The van der Waals surface area contributed by atoms with Gasteiger partial charge in [0, 0.05) is 26.1 Å². The number of hydrogen-bond donors (Lipinski definition) is 0. The lowest BCUT2D eigenvalue weighted by Gasteiger charge is -2.30. The summed E-state index contributed by atoms with van der Waals surface area (Å²) < 4.78 is 14.2. The zero-order chi connectivity index (χ0) is 17.7. The fraction of sp³-hybridized carbons (Fsp3) is 0.600. The third-order valence-corrected chi connectivity index (χ3v) is 5.87. The Morgan fingerprint density at radius 3 is 2.44 bits per heavy atom. The van der Waals surface area contributed by atoms with Crippen molar-refractivity contribution in [3.63, 3.8) is 0 Å². The van der Waals surface area contributed by atoms with E-state index >= 15 is 0 Å². The van der Waals surface area contributed by atoms with Gasteiger partial charge in [-0.25, -0.2) is 4.39 Å². The van der Waals surface area contributed by atoms with Crippen molar-refractivity contribution < 1.29 is 14.0 Å². The SMILES string of the molecule is Cc1ccc(N2C[C@H](C(=O)N(C)C(C3CC3)C3CC3)CC2=O)c(F)c1. The molecule has 3 aliphatic rings. The molecule has 1 aliphatic heterocycles. The van der Waals surface area contributed by atoms with Crippen LogP contribution >= 0.6 is 0 Å². The second kappa shape index (κ2) is 6.11. The van der Waals surface area contributed by atoms with Crippen molar-refractivity contribution in [2.24, 2.45) is 17.8 Å². The van der Waals surface area contributed by atoms with E-state index in [9.17, 15) is 14.0 Å². The standard InChI is InChI=1S/C20H25FN2O2/c1-12-3-8-17(16(21)9-12)23-11-15(10-18(23)24)20(25)22(2)19(13-4-5-13)14-6-7-14/h3,8-9,13-15,19H,4-7,10-11H2,1-2H3/t15-/m1/s1. The Bertz CT molecular complexity index is 700. The third kappa shape index (κ3) is 3.16. The Morgan fingerprint density at radius 2 is 1.88 bits per heavy atom. The van der Waals surface area contributed by atoms with Gasteiger partial charge in [-0.05, 0) is 62.1 Å². The lowest BCUT2D eigenvalue weighted by Crippen LogP contribution is -2.43. The molecular formula is C20H25FN2O2. The molecule has 0 unspecified atom stereocenters. The van der Waals surface area contributed by atoms with Crippen molar-refractivity contribution in [1.29, 1.82) is 0 Å². The maximum Gasteiger partial charge on any atom is 0.228 e. The van der Waals surface area contributed by atoms with E-state index in [0.717, 1.165) is 5.56 Å². The van der Waals surface area contributed by atoms with Crippen molar-refractivity contribution in [3.8, 4) is 0 Å². The molecule has 0 radical (unpaired) electrons. The van der Waals surface area contributed by atoms with Gasteiger partial charge in [-0.15, -0.1) is 0 Å². The maximum atomic E-state index is 14.2. The summed E-state index contributed by atoms with van der Waals surface area (Å²) in [6, 6.07) is 5.20. The van der Waals surface area contributed by atoms with Crippen molar-refractivity contribution in [3.05, 3.63) is 29.6 Å². The van der Waals surface area contributed by atoms with E-state index in [2.05, 4.69) is 0 Å². The van der Waals surface area contributed by atoms with E-state index in [0.29, 0.717) is 17.9 Å². The molecule has 1 atom stereocenters. The minimum absolute atomic E-state index is 0.0483. The molecule has 0 bridgehead atoms. The van der Waals surface area contributed by atoms with Gasteiger partial charge in [0.1, 0.15) is 5.82 Å². The molecule has 1 aromatic carbocycles. The van der Waals surface area contributed by atoms with E-state index in [-0.39, 0.29) is 36.4 Å². The minimum Gasteiger partial charge on any atom is -0.342 e. The molecule has 134 valence electrons. The number of nitrogens with zero attached hydrogens (tertiary/aromatic N) is 2. The van der Waals surface area contributed by atoms with Crippen LogP contribution in [0.5, 0.6) is 0 Å². The zero-order valence-electron chi connectivity index (χ0n) is 14.9. The first-order valence-corrected chi connectivity index (χ1v) is 9.29. The van der Waals surface area contributed by atoms with E-state index in [1.807, 2.05) is 18.9 Å². The Balaban J connectivity index is 1.48. The first-order chi connectivity index (χ1) is 12.0. The lowest BCUT2D eigenvalue weighted by molar-refractivity contribution is -0.137. The molecule has 2 amide bonds. The summed E-state index contributed by atoms with van der Waals surface area (Å²) in [5.41, 5.74) is 1.10. The predicted octanol–water partition coefficient (Wildman–Crippen LogP) is 3.13. The highest BCUT2D eigenvalue weighted by atomic mass is 19.1. The average molecular weight is 344 g/mol. The van der Waals surface area contributed by atoms with Crippen molar-refractivity contribution in [2.45, 2.75) is 45.1 Å². The van der Waals surface area contributed by atoms with Gasteiger partial charge in [0.25, 0.3) is 0 Å². The number of rotatable bonds is 5. The quantitative estimate of drug-likeness (QED) is 0.823. The molecule has 3 fully saturated rings. The lowest BCUT2D eigenvalue weighted by atomic mass is 10.0. The Hall–Kier alpha value is -1.91. The molecule has 2 saturated carbocycles. The summed E-state index contributed by atoms with van der Waals surface area (Å²) in [5, 5.41) is 0. The van der Waals surface area contributed by atoms with Crippen LogP contribution in [0.2, 0.25) is 0 Å². The van der Waals surface area contributed by atoms with Crippen molar-refractivity contribution in [2.75, 3.05) is 18.5 Å². The van der Waals surface area contributed by atoms with E-state index in [1.54, 1.807) is 12.1 Å². The normalized spacial score (nSPS) is 23.4. The number of benzene rings is 1. The van der Waals surface area contributed by atoms with Gasteiger partial charge in [0.2, 0.25) is 11.8 Å². The maximum absolute atomic E-state index is 14.2. The van der Waals surface area contributed by atoms with Gasteiger partial charge in [0.15, 0.2) is 0 Å². The highest BCUT2D eigenvalue weighted by Gasteiger charge is 2.47. The van der Waals surface area contributed by atoms with Gasteiger partial charge in [-0.2, -0.15) is 0 Å². The highest BCUT2D eigenvalue weighted by molar-refractivity contribution is 6.00. The fourth-order valence-electron chi connectivity index (χ4n) is 4.26. The van der Waals surface area contributed by atoms with Crippen LogP contribution in [0.4, 0.5) is 10.1 Å². The van der Waals surface area contributed by atoms with Crippen LogP contribution in [0.15, 0.2) is 18.2 Å². The van der Waals surface area contributed by atoms with Crippen LogP contribution in [0.3, 0.4) is 0 Å². The molecule has 1 saturated heterocycles. The molecular weight excluding hydrogens is 319 g/mol. The smallest absolute Gasteiger partial charge is 0.228 e. The summed E-state index contributed by atoms with van der Waals surface area (Å²) in [4.78, 5) is 28.7. The Kier molecular flexibility index (Phi) is 4.05. The fourth-order valence-corrected chi connectivity index (χ4v) is 4.26. The average Bonchev–Trinajstić information content (AvgIpc) is 3.48. The Morgan fingerprint density at radius 1 is 1.24 bits per heavy atom. The van der Waals surface area contributed by atoms with Crippen LogP contribution < -0.4 is 4.90 Å². The van der Waals surface area contributed by atoms with E-state index < -0.39 is 5.82 Å². The summed E-state index contributed by atoms with van der Waals surface area (Å²) in [6.07, 6.45) is 5.02. The number of hydrogen-bond acceptors (Lipinski definition) is 2. The third-order valence-electron chi connectivity index (χ3n) is 5.87. The van der Waals surface area contributed by atoms with Gasteiger partial charge < -0.3 is 9.80 Å². The van der Waals surface area contributed by atoms with Crippen molar-refractivity contribution in [1.82, 2.24) is 4.90 Å². The second-order valence-electron chi connectivity index (χ2n) is 7.97. The molecule has 0 aromatic heterocycles. The number of carbonyl (C=O) groups excluding carboxylic acids is 2. The second-order valence-corrected chi connectivity index (χ2v) is 7.97. The topological polar surface area (TPSA) is 40.6 Å². The predicted molar refractivity (Wildman–Crippen MR) is 93.6 cm³/mol. The monoisotopic (exact) mass is 344 g/mol. The van der Waals surface area contributed by atoms with Crippen LogP contribution in [0, 0.1) is 30.5 Å². The van der Waals surface area contributed by atoms with Crippen LogP contribution in [-0.4, -0.2) is 36.3 Å². The largest absolute Gasteiger partial charge is 0.342 e. The zero-order valence-corrected chi connectivity index (χ0v) is 14.9. The molecule has 4 rings (SSSR count). The summed E-state index contributed by atoms with van der Waals surface area (Å²) in [5.74, 6) is 0.409. The Labute approximate surface area is 148 Å². The van der Waals surface area contributed by atoms with Gasteiger partial charge in [-0.1, -0.05) is 6.07 Å². The first kappa shape index (κ1) is 16.6. The first-order valence-electron chi connectivity index (χ1n) is 9.29. The summed E-state index contributed by atoms with van der Waals surface area (Å²) in [7, 11) is 1.89. The molecule has 1 aromatic rings. The van der Waals surface area contributed by atoms with Crippen LogP contribution in [-0.2, 0) is 9.59 Å². The molecule has 5 heteroatoms. The molecule has 4 nitrogen and oxygen atoms in total. The van der Waals surface area contributed by atoms with Crippen molar-refractivity contribution >= 4 is 17.5 Å². The molecule has 25 heavy (non-hydrogen) atoms. The van der Waals surface area contributed by atoms with Crippen LogP contribution in [0.25, 0.3) is 0 Å². The number of aryl methyl sites for hydroxylation is 1. The van der Waals surface area contributed by atoms with E-state index in [4.69, 9.17) is 0 Å². The number of halogens is 1. The number of anilines is 1. The summed E-state index contributed by atoms with van der Waals surface area (Å²) in [6.45, 7) is 2.10. The summed E-state index contributed by atoms with van der Waals surface area (Å²) >= 11 is 0. The number of amides is 2. The molecule has 0 N–H and O–H groups in total. The van der Waals surface area contributed by atoms with Gasteiger partial charge in [0.05, 0.1) is 11.6 Å². The van der Waals surface area contributed by atoms with Gasteiger partial charge >= 0.3 is 0 Å². The van der Waals surface area contributed by atoms with Gasteiger partial charge in [-0.3, -0.25) is 9.59 Å². The molecule has 0 spiro atoms. The number of carbonyl (C=O) groups is 2. The van der Waals surface area contributed by atoms with E-state index in [1.165, 1.54) is 36.6 Å².